The molecule has 25 heavy (non-hydrogen) atoms. The fourth-order valence-electron chi connectivity index (χ4n) is 2.81. The van der Waals surface area contributed by atoms with Crippen molar-refractivity contribution in [3.63, 3.8) is 0 Å². The molecule has 152 valence electrons. The largest absolute Gasteiger partial charge is 0.394 e. The molecule has 0 N–H and O–H groups in total. The fraction of sp³-hybridized carbons (Fsp3) is 1.00. The molecule has 0 bridgehead atoms. The van der Waals surface area contributed by atoms with E-state index in [9.17, 15) is 0 Å². The lowest BCUT2D eigenvalue weighted by Crippen LogP contribution is -2.58. The Morgan fingerprint density at radius 3 is 0.920 bits per heavy atom. The molecule has 0 amide bonds. The molecular formula is C19H44O4Si2. The third kappa shape index (κ3) is 8.22. The molecule has 0 rings (SSSR count). The molecule has 6 heteroatoms. The molecule has 0 heterocycles. The summed E-state index contributed by atoms with van der Waals surface area (Å²) in [5, 5.41) is 0. The Morgan fingerprint density at radius 2 is 0.760 bits per heavy atom. The van der Waals surface area contributed by atoms with Crippen molar-refractivity contribution >= 4 is 17.1 Å². The molecule has 0 saturated carbocycles. The lowest BCUT2D eigenvalue weighted by Gasteiger charge is -2.42. The summed E-state index contributed by atoms with van der Waals surface area (Å²) in [5.41, 5.74) is 1.63. The molecule has 0 aliphatic carbocycles. The fourth-order valence-corrected chi connectivity index (χ4v) is 14.2. The second-order valence-electron chi connectivity index (χ2n) is 7.50. The van der Waals surface area contributed by atoms with Crippen molar-refractivity contribution < 1.29 is 17.7 Å². The van der Waals surface area contributed by atoms with Crippen molar-refractivity contribution in [1.82, 2.24) is 0 Å². The molecule has 0 aromatic rings. The summed E-state index contributed by atoms with van der Waals surface area (Å²) in [4.78, 5) is 0. The molecule has 0 aliphatic rings. The highest BCUT2D eigenvalue weighted by Gasteiger charge is 2.54. The van der Waals surface area contributed by atoms with E-state index in [0.29, 0.717) is 11.1 Å². The van der Waals surface area contributed by atoms with E-state index < -0.39 is 17.1 Å². The van der Waals surface area contributed by atoms with Crippen LogP contribution in [-0.4, -0.2) is 43.5 Å². The van der Waals surface area contributed by atoms with Gasteiger partial charge in [0.1, 0.15) is 0 Å². The number of hydrogen-bond acceptors (Lipinski definition) is 4. The zero-order chi connectivity index (χ0) is 19.3. The SMILES string of the molecule is CCCO[Si](C[Si](OCCC)(OCCC)C(C)C)(OCCC)C(C)C. The molecule has 0 aromatic heterocycles. The normalized spacial score (nSPS) is 13.2. The molecule has 0 aromatic carbocycles. The van der Waals surface area contributed by atoms with E-state index in [1.807, 2.05) is 0 Å². The lowest BCUT2D eigenvalue weighted by atomic mass is 10.5. The minimum atomic E-state index is -2.40. The first-order chi connectivity index (χ1) is 11.8. The monoisotopic (exact) mass is 392 g/mol. The molecular weight excluding hydrogens is 348 g/mol. The van der Waals surface area contributed by atoms with Crippen molar-refractivity contribution in [2.24, 2.45) is 0 Å². The molecule has 0 saturated heterocycles. The molecule has 0 unspecified atom stereocenters. The maximum absolute atomic E-state index is 6.50. The Balaban J connectivity index is 5.70. The van der Waals surface area contributed by atoms with Crippen molar-refractivity contribution in [2.75, 3.05) is 26.4 Å². The number of rotatable bonds is 16. The highest BCUT2D eigenvalue weighted by atomic mass is 28.4. The van der Waals surface area contributed by atoms with E-state index >= 15 is 0 Å². The summed E-state index contributed by atoms with van der Waals surface area (Å²) < 4.78 is 26.0. The van der Waals surface area contributed by atoms with Gasteiger partial charge in [0.2, 0.25) is 0 Å². The van der Waals surface area contributed by atoms with Crippen LogP contribution in [0.3, 0.4) is 0 Å². The van der Waals surface area contributed by atoms with E-state index in [4.69, 9.17) is 17.7 Å². The predicted octanol–water partition coefficient (Wildman–Crippen LogP) is 5.94. The van der Waals surface area contributed by atoms with Crippen LogP contribution in [0.2, 0.25) is 16.7 Å². The van der Waals surface area contributed by atoms with Crippen LogP contribution in [-0.2, 0) is 17.7 Å². The van der Waals surface area contributed by atoms with Gasteiger partial charge in [-0.25, -0.2) is 0 Å². The average molecular weight is 393 g/mol. The lowest BCUT2D eigenvalue weighted by molar-refractivity contribution is 0.140. The Hall–Kier alpha value is 0.274. The van der Waals surface area contributed by atoms with Crippen LogP contribution in [0.1, 0.15) is 81.1 Å². The Morgan fingerprint density at radius 1 is 0.520 bits per heavy atom. The Labute approximate surface area is 159 Å². The van der Waals surface area contributed by atoms with E-state index in [1.54, 1.807) is 0 Å². The van der Waals surface area contributed by atoms with Gasteiger partial charge in [0, 0.05) is 32.1 Å². The van der Waals surface area contributed by atoms with Crippen LogP contribution in [0, 0.1) is 0 Å². The van der Waals surface area contributed by atoms with Gasteiger partial charge in [-0.2, -0.15) is 0 Å². The van der Waals surface area contributed by atoms with Crippen LogP contribution < -0.4 is 0 Å². The first-order valence-corrected chi connectivity index (χ1v) is 14.6. The molecule has 0 fully saturated rings. The zero-order valence-corrected chi connectivity index (χ0v) is 20.2. The number of hydrogen-bond donors (Lipinski definition) is 0. The predicted molar refractivity (Wildman–Crippen MR) is 111 cm³/mol. The first kappa shape index (κ1) is 25.3. The third-order valence-electron chi connectivity index (χ3n) is 4.45. The van der Waals surface area contributed by atoms with Gasteiger partial charge < -0.3 is 17.7 Å². The molecule has 0 spiro atoms. The molecule has 0 radical (unpaired) electrons. The van der Waals surface area contributed by atoms with Crippen molar-refractivity contribution in [1.29, 1.82) is 0 Å². The van der Waals surface area contributed by atoms with Gasteiger partial charge >= 0.3 is 17.1 Å². The zero-order valence-electron chi connectivity index (χ0n) is 18.2. The van der Waals surface area contributed by atoms with Crippen LogP contribution in [0.15, 0.2) is 0 Å². The maximum atomic E-state index is 6.50. The summed E-state index contributed by atoms with van der Waals surface area (Å²) in [5.74, 6) is 0. The highest BCUT2D eigenvalue weighted by molar-refractivity contribution is 6.87. The first-order valence-electron chi connectivity index (χ1n) is 10.4. The summed E-state index contributed by atoms with van der Waals surface area (Å²) in [6.07, 6.45) is 4.05. The van der Waals surface area contributed by atoms with Gasteiger partial charge in [-0.05, 0) is 36.8 Å². The van der Waals surface area contributed by atoms with Gasteiger partial charge in [-0.15, -0.1) is 0 Å². The smallest absolute Gasteiger partial charge is 0.342 e. The van der Waals surface area contributed by atoms with Crippen molar-refractivity contribution in [2.45, 2.75) is 97.8 Å². The minimum absolute atomic E-state index is 0.381. The van der Waals surface area contributed by atoms with Gasteiger partial charge in [0.05, 0.1) is 0 Å². The summed E-state index contributed by atoms with van der Waals surface area (Å²) >= 11 is 0. The van der Waals surface area contributed by atoms with E-state index in [2.05, 4.69) is 55.4 Å². The van der Waals surface area contributed by atoms with Gasteiger partial charge in [-0.3, -0.25) is 0 Å². The Bertz CT molecular complexity index is 279. The van der Waals surface area contributed by atoms with Crippen LogP contribution in [0.4, 0.5) is 0 Å². The van der Waals surface area contributed by atoms with E-state index in [0.717, 1.165) is 57.8 Å². The quantitative estimate of drug-likeness (QED) is 0.305. The summed E-state index contributed by atoms with van der Waals surface area (Å²) in [6, 6.07) is 0. The minimum Gasteiger partial charge on any atom is -0.394 e. The van der Waals surface area contributed by atoms with Crippen molar-refractivity contribution in [3.8, 4) is 0 Å². The molecule has 0 atom stereocenters. The molecule has 4 nitrogen and oxygen atoms in total. The second-order valence-corrected chi connectivity index (χ2v) is 15.6. The summed E-state index contributed by atoms with van der Waals surface area (Å²) in [7, 11) is -4.80. The Kier molecular flexibility index (Phi) is 13.6. The highest BCUT2D eigenvalue weighted by Crippen LogP contribution is 2.38. The van der Waals surface area contributed by atoms with Gasteiger partial charge in [0.25, 0.3) is 0 Å². The van der Waals surface area contributed by atoms with Crippen LogP contribution >= 0.6 is 0 Å². The average Bonchev–Trinajstić information content (AvgIpc) is 2.59. The van der Waals surface area contributed by atoms with Crippen LogP contribution in [0.5, 0.6) is 0 Å². The standard InChI is InChI=1S/C19H44O4Si2/c1-9-13-20-24(18(5)6,21-14-10-2)17-25(19(7)8,22-15-11-3)23-16-12-4/h18-19H,9-17H2,1-8H3. The molecule has 0 aliphatic heterocycles. The van der Waals surface area contributed by atoms with Crippen molar-refractivity contribution in [3.05, 3.63) is 0 Å². The summed E-state index contributed by atoms with van der Waals surface area (Å²) in [6.45, 7) is 20.7. The van der Waals surface area contributed by atoms with Gasteiger partial charge in [-0.1, -0.05) is 55.4 Å². The van der Waals surface area contributed by atoms with Gasteiger partial charge in [0.15, 0.2) is 0 Å². The third-order valence-corrected chi connectivity index (χ3v) is 14.7. The van der Waals surface area contributed by atoms with Crippen LogP contribution in [0.25, 0.3) is 0 Å². The maximum Gasteiger partial charge on any atom is 0.342 e. The second kappa shape index (κ2) is 13.4. The van der Waals surface area contributed by atoms with E-state index in [-0.39, 0.29) is 0 Å². The topological polar surface area (TPSA) is 36.9 Å². The van der Waals surface area contributed by atoms with E-state index in [1.165, 1.54) is 0 Å².